The molecule has 0 aliphatic heterocycles. The monoisotopic (exact) mass is 482 g/mol. The molecule has 27 heavy (non-hydrogen) atoms. The number of hydrogen-bond donors (Lipinski definition) is 2. The minimum absolute atomic E-state index is 0. The van der Waals surface area contributed by atoms with Crippen molar-refractivity contribution in [2.45, 2.75) is 12.8 Å². The summed E-state index contributed by atoms with van der Waals surface area (Å²) in [5.74, 6) is 1.75. The maximum absolute atomic E-state index is 5.39. The highest BCUT2D eigenvalue weighted by Crippen LogP contribution is 2.17. The zero-order valence-corrected chi connectivity index (χ0v) is 19.0. The van der Waals surface area contributed by atoms with E-state index >= 15 is 0 Å². The van der Waals surface area contributed by atoms with Gasteiger partial charge in [-0.25, -0.2) is 0 Å². The fraction of sp³-hybridized carbons (Fsp3) is 0.381. The number of nitrogens with one attached hydrogen (secondary N) is 2. The van der Waals surface area contributed by atoms with Crippen molar-refractivity contribution in [3.8, 4) is 5.75 Å². The second-order valence-corrected chi connectivity index (χ2v) is 6.30. The third-order valence-corrected chi connectivity index (χ3v) is 4.26. The SMILES string of the molecule is CN=C(NCCc1ccc(N(C)C)cc1)NCCc1ccccc1OC.I. The molecular formula is C21H31IN4O. The maximum atomic E-state index is 5.39. The maximum Gasteiger partial charge on any atom is 0.190 e. The van der Waals surface area contributed by atoms with E-state index in [1.165, 1.54) is 16.8 Å². The summed E-state index contributed by atoms with van der Waals surface area (Å²) in [6, 6.07) is 16.8. The highest BCUT2D eigenvalue weighted by molar-refractivity contribution is 14.0. The molecule has 0 aromatic heterocycles. The number of halogens is 1. The molecule has 5 nitrogen and oxygen atoms in total. The van der Waals surface area contributed by atoms with Gasteiger partial charge in [0.1, 0.15) is 5.75 Å². The van der Waals surface area contributed by atoms with Crippen LogP contribution in [0.25, 0.3) is 0 Å². The highest BCUT2D eigenvalue weighted by atomic mass is 127. The molecule has 0 radical (unpaired) electrons. The van der Waals surface area contributed by atoms with Gasteiger partial charge in [-0.15, -0.1) is 24.0 Å². The molecule has 2 N–H and O–H groups in total. The van der Waals surface area contributed by atoms with E-state index in [0.29, 0.717) is 0 Å². The van der Waals surface area contributed by atoms with Crippen LogP contribution in [0, 0.1) is 0 Å². The zero-order valence-electron chi connectivity index (χ0n) is 16.7. The quantitative estimate of drug-likeness (QED) is 0.345. The Morgan fingerprint density at radius 3 is 2.19 bits per heavy atom. The fourth-order valence-corrected chi connectivity index (χ4v) is 2.73. The first-order valence-electron chi connectivity index (χ1n) is 8.96. The van der Waals surface area contributed by atoms with E-state index in [-0.39, 0.29) is 24.0 Å². The molecule has 0 aliphatic carbocycles. The number of para-hydroxylation sites is 1. The second kappa shape index (κ2) is 12.4. The van der Waals surface area contributed by atoms with Gasteiger partial charge in [0.05, 0.1) is 7.11 Å². The van der Waals surface area contributed by atoms with E-state index in [1.54, 1.807) is 14.2 Å². The number of methoxy groups -OCH3 is 1. The summed E-state index contributed by atoms with van der Waals surface area (Å²) >= 11 is 0. The number of guanidine groups is 1. The summed E-state index contributed by atoms with van der Waals surface area (Å²) in [6.07, 6.45) is 1.84. The van der Waals surface area contributed by atoms with E-state index in [0.717, 1.165) is 37.6 Å². The first-order chi connectivity index (χ1) is 12.6. The molecule has 0 saturated heterocycles. The average molecular weight is 482 g/mol. The van der Waals surface area contributed by atoms with E-state index in [1.807, 2.05) is 18.2 Å². The predicted molar refractivity (Wildman–Crippen MR) is 126 cm³/mol. The van der Waals surface area contributed by atoms with Gasteiger partial charge in [-0.1, -0.05) is 30.3 Å². The molecule has 2 aromatic carbocycles. The summed E-state index contributed by atoms with van der Waals surface area (Å²) in [5, 5.41) is 6.72. The van der Waals surface area contributed by atoms with Crippen molar-refractivity contribution >= 4 is 35.6 Å². The molecule has 0 bridgehead atoms. The summed E-state index contributed by atoms with van der Waals surface area (Å²) in [7, 11) is 7.61. The molecule has 0 spiro atoms. The van der Waals surface area contributed by atoms with Crippen molar-refractivity contribution in [2.75, 3.05) is 46.2 Å². The Morgan fingerprint density at radius 2 is 1.59 bits per heavy atom. The van der Waals surface area contributed by atoms with Gasteiger partial charge in [0, 0.05) is 39.9 Å². The Morgan fingerprint density at radius 1 is 0.963 bits per heavy atom. The Bertz CT molecular complexity index is 702. The minimum Gasteiger partial charge on any atom is -0.496 e. The summed E-state index contributed by atoms with van der Waals surface area (Å²) in [5.41, 5.74) is 3.72. The van der Waals surface area contributed by atoms with Crippen LogP contribution < -0.4 is 20.3 Å². The molecule has 2 aromatic rings. The van der Waals surface area contributed by atoms with Gasteiger partial charge in [-0.3, -0.25) is 4.99 Å². The highest BCUT2D eigenvalue weighted by Gasteiger charge is 2.03. The van der Waals surface area contributed by atoms with Crippen LogP contribution in [0.4, 0.5) is 5.69 Å². The summed E-state index contributed by atoms with van der Waals surface area (Å²) in [6.45, 7) is 1.65. The van der Waals surface area contributed by atoms with Crippen LogP contribution in [0.15, 0.2) is 53.5 Å². The molecule has 0 heterocycles. The van der Waals surface area contributed by atoms with Crippen LogP contribution in [0.5, 0.6) is 5.75 Å². The molecule has 0 saturated carbocycles. The third-order valence-electron chi connectivity index (χ3n) is 4.26. The normalized spacial score (nSPS) is 10.7. The van der Waals surface area contributed by atoms with Gasteiger partial charge in [-0.2, -0.15) is 0 Å². The number of rotatable bonds is 8. The first kappa shape index (κ1) is 23.1. The van der Waals surface area contributed by atoms with E-state index in [4.69, 9.17) is 4.74 Å². The van der Waals surface area contributed by atoms with Crippen molar-refractivity contribution < 1.29 is 4.74 Å². The van der Waals surface area contributed by atoms with E-state index in [2.05, 4.69) is 65.0 Å². The average Bonchev–Trinajstić information content (AvgIpc) is 2.67. The largest absolute Gasteiger partial charge is 0.496 e. The lowest BCUT2D eigenvalue weighted by molar-refractivity contribution is 0.409. The summed E-state index contributed by atoms with van der Waals surface area (Å²) < 4.78 is 5.39. The smallest absolute Gasteiger partial charge is 0.190 e. The molecule has 0 fully saturated rings. The van der Waals surface area contributed by atoms with Crippen molar-refractivity contribution in [3.05, 3.63) is 59.7 Å². The lowest BCUT2D eigenvalue weighted by Crippen LogP contribution is -2.39. The van der Waals surface area contributed by atoms with Gasteiger partial charge < -0.3 is 20.3 Å². The summed E-state index contributed by atoms with van der Waals surface area (Å²) in [4.78, 5) is 6.39. The van der Waals surface area contributed by atoms with Crippen molar-refractivity contribution in [3.63, 3.8) is 0 Å². The van der Waals surface area contributed by atoms with Crippen LogP contribution in [0.1, 0.15) is 11.1 Å². The predicted octanol–water partition coefficient (Wildman–Crippen LogP) is 3.33. The van der Waals surface area contributed by atoms with Gasteiger partial charge in [0.2, 0.25) is 0 Å². The molecular weight excluding hydrogens is 451 g/mol. The van der Waals surface area contributed by atoms with Crippen molar-refractivity contribution in [1.82, 2.24) is 10.6 Å². The number of anilines is 1. The molecule has 2 rings (SSSR count). The molecule has 0 amide bonds. The number of ether oxygens (including phenoxy) is 1. The minimum atomic E-state index is 0. The molecule has 6 heteroatoms. The van der Waals surface area contributed by atoms with Crippen LogP contribution >= 0.6 is 24.0 Å². The van der Waals surface area contributed by atoms with Crippen LogP contribution in [-0.4, -0.2) is 47.3 Å². The molecule has 0 aliphatic rings. The Balaban J connectivity index is 0.00000364. The van der Waals surface area contributed by atoms with Gasteiger partial charge in [0.15, 0.2) is 5.96 Å². The van der Waals surface area contributed by atoms with Crippen molar-refractivity contribution in [1.29, 1.82) is 0 Å². The van der Waals surface area contributed by atoms with Crippen LogP contribution in [0.2, 0.25) is 0 Å². The standard InChI is InChI=1S/C21H30N4O.HI/c1-22-21(24-16-14-18-7-5-6-8-20(18)26-4)23-15-13-17-9-11-19(12-10-17)25(2)3;/h5-12H,13-16H2,1-4H3,(H2,22,23,24);1H. The van der Waals surface area contributed by atoms with Crippen LogP contribution in [0.3, 0.4) is 0 Å². The number of nitrogens with zero attached hydrogens (tertiary/aromatic N) is 2. The Hall–Kier alpha value is -1.96. The van der Waals surface area contributed by atoms with Crippen molar-refractivity contribution in [2.24, 2.45) is 4.99 Å². The fourth-order valence-electron chi connectivity index (χ4n) is 2.73. The van der Waals surface area contributed by atoms with Gasteiger partial charge in [0.25, 0.3) is 0 Å². The first-order valence-corrected chi connectivity index (χ1v) is 8.96. The number of aliphatic imine (C=N–C) groups is 1. The molecule has 148 valence electrons. The Kier molecular flexibility index (Phi) is 10.6. The van der Waals surface area contributed by atoms with E-state index in [9.17, 15) is 0 Å². The van der Waals surface area contributed by atoms with E-state index < -0.39 is 0 Å². The zero-order chi connectivity index (χ0) is 18.8. The van der Waals surface area contributed by atoms with Gasteiger partial charge >= 0.3 is 0 Å². The lowest BCUT2D eigenvalue weighted by Gasteiger charge is -2.14. The molecule has 0 unspecified atom stereocenters. The Labute approximate surface area is 180 Å². The van der Waals surface area contributed by atoms with Crippen LogP contribution in [-0.2, 0) is 12.8 Å². The second-order valence-electron chi connectivity index (χ2n) is 6.30. The number of benzene rings is 2. The molecule has 0 atom stereocenters. The lowest BCUT2D eigenvalue weighted by atomic mass is 10.1. The number of hydrogen-bond acceptors (Lipinski definition) is 3. The topological polar surface area (TPSA) is 48.9 Å². The van der Waals surface area contributed by atoms with Gasteiger partial charge in [-0.05, 0) is 42.2 Å². The third kappa shape index (κ3) is 7.66.